The first-order chi connectivity index (χ1) is 16.5. The summed E-state index contributed by atoms with van der Waals surface area (Å²) in [6.45, 7) is 2.17. The molecule has 1 aromatic carbocycles. The Morgan fingerprint density at radius 1 is 1.26 bits per heavy atom. The SMILES string of the molecule is COCCCC[C@@](O)(c1cccc(F)c1)[C@@H]1CCCN(C(=O)NC(CN)CC2CCCCC2)C1. The van der Waals surface area contributed by atoms with Gasteiger partial charge in [-0.25, -0.2) is 9.18 Å². The van der Waals surface area contributed by atoms with Crippen LogP contribution in [-0.4, -0.2) is 55.4 Å². The number of piperidine rings is 1. The third kappa shape index (κ3) is 7.40. The van der Waals surface area contributed by atoms with E-state index in [4.69, 9.17) is 10.5 Å². The number of methoxy groups -OCH3 is 1. The maximum atomic E-state index is 14.1. The Kier molecular flexibility index (Phi) is 10.6. The molecule has 3 rings (SSSR count). The molecule has 2 amide bonds. The third-order valence-electron chi connectivity index (χ3n) is 7.82. The molecule has 3 atom stereocenters. The van der Waals surface area contributed by atoms with Crippen molar-refractivity contribution in [3.8, 4) is 0 Å². The molecule has 0 radical (unpaired) electrons. The minimum atomic E-state index is -1.19. The molecule has 1 heterocycles. The predicted molar refractivity (Wildman–Crippen MR) is 133 cm³/mol. The summed E-state index contributed by atoms with van der Waals surface area (Å²) >= 11 is 0. The van der Waals surface area contributed by atoms with Crippen LogP contribution in [0.3, 0.4) is 0 Å². The lowest BCUT2D eigenvalue weighted by Gasteiger charge is -2.43. The number of likely N-dealkylation sites (tertiary alicyclic amines) is 1. The Labute approximate surface area is 204 Å². The van der Waals surface area contributed by atoms with Gasteiger partial charge in [-0.3, -0.25) is 0 Å². The smallest absolute Gasteiger partial charge is 0.317 e. The normalized spacial score (nSPS) is 22.2. The van der Waals surface area contributed by atoms with Crippen LogP contribution in [0.5, 0.6) is 0 Å². The number of rotatable bonds is 11. The number of carbonyl (C=O) groups excluding carboxylic acids is 1. The number of aliphatic hydroxyl groups is 1. The summed E-state index contributed by atoms with van der Waals surface area (Å²) in [5, 5.41) is 15.1. The van der Waals surface area contributed by atoms with Gasteiger partial charge in [-0.2, -0.15) is 0 Å². The minimum absolute atomic E-state index is 0.0212. The molecular formula is C27H44FN3O3. The first kappa shape index (κ1) is 26.9. The maximum Gasteiger partial charge on any atom is 0.317 e. The second-order valence-electron chi connectivity index (χ2n) is 10.3. The molecule has 7 heteroatoms. The number of urea groups is 1. The molecule has 1 unspecified atom stereocenters. The van der Waals surface area contributed by atoms with E-state index in [0.29, 0.717) is 44.1 Å². The van der Waals surface area contributed by atoms with E-state index >= 15 is 0 Å². The average Bonchev–Trinajstić information content (AvgIpc) is 2.86. The van der Waals surface area contributed by atoms with Crippen LogP contribution in [0.1, 0.15) is 76.2 Å². The number of nitrogens with one attached hydrogen (secondary N) is 1. The molecule has 1 saturated carbocycles. The van der Waals surface area contributed by atoms with Crippen LogP contribution in [-0.2, 0) is 10.3 Å². The highest BCUT2D eigenvalue weighted by Gasteiger charge is 2.41. The summed E-state index contributed by atoms with van der Waals surface area (Å²) in [6.07, 6.45) is 10.9. The highest BCUT2D eigenvalue weighted by atomic mass is 19.1. The van der Waals surface area contributed by atoms with Crippen LogP contribution in [0.4, 0.5) is 9.18 Å². The van der Waals surface area contributed by atoms with Crippen molar-refractivity contribution in [1.82, 2.24) is 10.2 Å². The number of amides is 2. The largest absolute Gasteiger partial charge is 0.385 e. The van der Waals surface area contributed by atoms with Crippen molar-refractivity contribution in [3.05, 3.63) is 35.6 Å². The molecule has 0 spiro atoms. The molecule has 4 N–H and O–H groups in total. The molecule has 1 aromatic rings. The Morgan fingerprint density at radius 2 is 2.06 bits per heavy atom. The molecule has 0 bridgehead atoms. The fraction of sp³-hybridized carbons (Fsp3) is 0.741. The lowest BCUT2D eigenvalue weighted by atomic mass is 9.74. The Hall–Kier alpha value is -1.70. The van der Waals surface area contributed by atoms with E-state index in [1.807, 2.05) is 4.90 Å². The molecule has 34 heavy (non-hydrogen) atoms. The number of carbonyl (C=O) groups is 1. The first-order valence-electron chi connectivity index (χ1n) is 13.2. The van der Waals surface area contributed by atoms with Crippen LogP contribution >= 0.6 is 0 Å². The molecule has 2 aliphatic rings. The fourth-order valence-corrected chi connectivity index (χ4v) is 5.84. The van der Waals surface area contributed by atoms with Crippen molar-refractivity contribution in [2.45, 2.75) is 82.3 Å². The number of ether oxygens (including phenoxy) is 1. The van der Waals surface area contributed by atoms with Gasteiger partial charge in [0.15, 0.2) is 0 Å². The summed E-state index contributed by atoms with van der Waals surface area (Å²) in [5.74, 6) is 0.125. The molecule has 1 aliphatic heterocycles. The number of hydrogen-bond donors (Lipinski definition) is 3. The zero-order valence-electron chi connectivity index (χ0n) is 20.8. The van der Waals surface area contributed by atoms with Gasteiger partial charge < -0.3 is 25.8 Å². The number of nitrogens with zero attached hydrogens (tertiary/aromatic N) is 1. The van der Waals surface area contributed by atoms with Gasteiger partial charge in [-0.05, 0) is 62.1 Å². The van der Waals surface area contributed by atoms with Gasteiger partial charge in [0, 0.05) is 45.3 Å². The highest BCUT2D eigenvalue weighted by molar-refractivity contribution is 5.74. The molecule has 192 valence electrons. The maximum absolute atomic E-state index is 14.1. The van der Waals surface area contributed by atoms with Crippen LogP contribution in [0.15, 0.2) is 24.3 Å². The summed E-state index contributed by atoms with van der Waals surface area (Å²) < 4.78 is 19.2. The number of halogens is 1. The van der Waals surface area contributed by atoms with Gasteiger partial charge in [-0.15, -0.1) is 0 Å². The van der Waals surface area contributed by atoms with Crippen LogP contribution in [0, 0.1) is 17.7 Å². The molecular weight excluding hydrogens is 433 g/mol. The molecule has 0 aromatic heterocycles. The first-order valence-corrected chi connectivity index (χ1v) is 13.2. The highest BCUT2D eigenvalue weighted by Crippen LogP contribution is 2.40. The second-order valence-corrected chi connectivity index (χ2v) is 10.3. The predicted octanol–water partition coefficient (Wildman–Crippen LogP) is 4.55. The number of nitrogens with two attached hydrogens (primary N) is 1. The van der Waals surface area contributed by atoms with Gasteiger partial charge in [0.25, 0.3) is 0 Å². The van der Waals surface area contributed by atoms with E-state index in [1.54, 1.807) is 19.2 Å². The lowest BCUT2D eigenvalue weighted by Crippen LogP contribution is -2.53. The number of hydrogen-bond acceptors (Lipinski definition) is 4. The van der Waals surface area contributed by atoms with Crippen molar-refractivity contribution in [2.24, 2.45) is 17.6 Å². The van der Waals surface area contributed by atoms with Gasteiger partial charge in [0.1, 0.15) is 5.82 Å². The number of benzene rings is 1. The van der Waals surface area contributed by atoms with Crippen molar-refractivity contribution in [2.75, 3.05) is 33.4 Å². The van der Waals surface area contributed by atoms with Crippen molar-refractivity contribution in [1.29, 1.82) is 0 Å². The zero-order valence-corrected chi connectivity index (χ0v) is 20.8. The minimum Gasteiger partial charge on any atom is -0.385 e. The van der Waals surface area contributed by atoms with E-state index in [1.165, 1.54) is 44.2 Å². The van der Waals surface area contributed by atoms with E-state index in [0.717, 1.165) is 32.1 Å². The lowest BCUT2D eigenvalue weighted by molar-refractivity contribution is -0.0565. The van der Waals surface area contributed by atoms with E-state index in [9.17, 15) is 14.3 Å². The van der Waals surface area contributed by atoms with Crippen LogP contribution < -0.4 is 11.1 Å². The van der Waals surface area contributed by atoms with Crippen LogP contribution in [0.2, 0.25) is 0 Å². The van der Waals surface area contributed by atoms with Crippen LogP contribution in [0.25, 0.3) is 0 Å². The number of unbranched alkanes of at least 4 members (excludes halogenated alkanes) is 1. The van der Waals surface area contributed by atoms with E-state index in [-0.39, 0.29) is 23.8 Å². The Bertz CT molecular complexity index is 758. The summed E-state index contributed by atoms with van der Waals surface area (Å²) in [4.78, 5) is 15.0. The molecule has 2 fully saturated rings. The van der Waals surface area contributed by atoms with Gasteiger partial charge in [0.2, 0.25) is 0 Å². The standard InChI is InChI=1S/C27H44FN3O3/c1-34-16-6-5-14-27(33,22-11-7-13-24(28)18-22)23-12-8-15-31(20-23)26(32)30-25(19-29)17-21-9-3-2-4-10-21/h7,11,13,18,21,23,25,33H,2-6,8-10,12,14-17,19-20,29H2,1H3,(H,30,32)/t23-,25?,27-/m1/s1. The van der Waals surface area contributed by atoms with Crippen molar-refractivity contribution in [3.63, 3.8) is 0 Å². The zero-order chi connectivity index (χ0) is 24.4. The molecule has 6 nitrogen and oxygen atoms in total. The van der Waals surface area contributed by atoms with E-state index < -0.39 is 5.60 Å². The molecule has 1 saturated heterocycles. The summed E-state index contributed by atoms with van der Waals surface area (Å²) in [5.41, 5.74) is 5.42. The Balaban J connectivity index is 1.66. The van der Waals surface area contributed by atoms with Crippen molar-refractivity contribution >= 4 is 6.03 Å². The fourth-order valence-electron chi connectivity index (χ4n) is 5.84. The van der Waals surface area contributed by atoms with Gasteiger partial charge in [-0.1, -0.05) is 44.2 Å². The monoisotopic (exact) mass is 477 g/mol. The van der Waals surface area contributed by atoms with Gasteiger partial charge >= 0.3 is 6.03 Å². The quantitative estimate of drug-likeness (QED) is 0.408. The Morgan fingerprint density at radius 3 is 2.76 bits per heavy atom. The van der Waals surface area contributed by atoms with E-state index in [2.05, 4.69) is 5.32 Å². The summed E-state index contributed by atoms with van der Waals surface area (Å²) in [7, 11) is 1.67. The summed E-state index contributed by atoms with van der Waals surface area (Å²) in [6, 6.07) is 6.16. The third-order valence-corrected chi connectivity index (χ3v) is 7.82. The molecule has 1 aliphatic carbocycles. The van der Waals surface area contributed by atoms with Crippen molar-refractivity contribution < 1.29 is 19.0 Å². The average molecular weight is 478 g/mol. The van der Waals surface area contributed by atoms with Gasteiger partial charge in [0.05, 0.1) is 5.60 Å². The topological polar surface area (TPSA) is 87.8 Å². The second kappa shape index (κ2) is 13.4.